The highest BCUT2D eigenvalue weighted by molar-refractivity contribution is 5.79. The molecule has 0 aromatic carbocycles. The minimum absolute atomic E-state index is 0.0342. The molecule has 0 unspecified atom stereocenters. The van der Waals surface area contributed by atoms with Crippen LogP contribution in [0.25, 0.3) is 0 Å². The molecular formula is C14H23NO2. The van der Waals surface area contributed by atoms with Crippen LogP contribution in [0.2, 0.25) is 0 Å². The zero-order valence-corrected chi connectivity index (χ0v) is 10.6. The fraction of sp³-hybridized carbons (Fsp3) is 0.929. The maximum atomic E-state index is 12.4. The third-order valence-corrected chi connectivity index (χ3v) is 4.78. The van der Waals surface area contributed by atoms with E-state index in [0.717, 1.165) is 45.4 Å². The molecule has 96 valence electrons. The summed E-state index contributed by atoms with van der Waals surface area (Å²) in [5, 5.41) is 0. The zero-order valence-electron chi connectivity index (χ0n) is 10.6. The van der Waals surface area contributed by atoms with Crippen LogP contribution < -0.4 is 0 Å². The first-order valence-corrected chi connectivity index (χ1v) is 7.22. The maximum Gasteiger partial charge on any atom is 0.225 e. The molecule has 3 heteroatoms. The molecule has 0 aromatic rings. The molecule has 2 aliphatic carbocycles. The van der Waals surface area contributed by atoms with Crippen molar-refractivity contribution in [3.63, 3.8) is 0 Å². The van der Waals surface area contributed by atoms with E-state index in [9.17, 15) is 4.79 Å². The van der Waals surface area contributed by atoms with E-state index in [1.54, 1.807) is 0 Å². The third kappa shape index (κ3) is 2.22. The normalized spacial score (nSPS) is 29.1. The van der Waals surface area contributed by atoms with Crippen LogP contribution in [-0.2, 0) is 9.53 Å². The second kappa shape index (κ2) is 4.60. The Balaban J connectivity index is 1.64. The van der Waals surface area contributed by atoms with Gasteiger partial charge in [-0.2, -0.15) is 0 Å². The lowest BCUT2D eigenvalue weighted by Crippen LogP contribution is -2.53. The topological polar surface area (TPSA) is 29.5 Å². The Kier molecular flexibility index (Phi) is 3.12. The number of hydrogen-bond acceptors (Lipinski definition) is 2. The average molecular weight is 237 g/mol. The summed E-state index contributed by atoms with van der Waals surface area (Å²) in [6.45, 7) is 2.43. The Morgan fingerprint density at radius 3 is 2.53 bits per heavy atom. The SMILES string of the molecule is O=C(C1CCCC1)N1CCOC2(CCCC2)C1. The Morgan fingerprint density at radius 1 is 1.12 bits per heavy atom. The minimum Gasteiger partial charge on any atom is -0.371 e. The van der Waals surface area contributed by atoms with Gasteiger partial charge in [-0.25, -0.2) is 0 Å². The van der Waals surface area contributed by atoms with Gasteiger partial charge in [0.1, 0.15) is 0 Å². The molecular weight excluding hydrogens is 214 g/mol. The molecule has 1 heterocycles. The molecule has 1 amide bonds. The van der Waals surface area contributed by atoms with Crippen LogP contribution in [0.3, 0.4) is 0 Å². The molecule has 0 N–H and O–H groups in total. The fourth-order valence-electron chi connectivity index (χ4n) is 3.79. The summed E-state index contributed by atoms with van der Waals surface area (Å²) in [5.41, 5.74) is 0.0342. The molecule has 1 saturated heterocycles. The molecule has 1 aliphatic heterocycles. The van der Waals surface area contributed by atoms with Crippen molar-refractivity contribution in [1.29, 1.82) is 0 Å². The van der Waals surface area contributed by atoms with Gasteiger partial charge in [0.15, 0.2) is 0 Å². The van der Waals surface area contributed by atoms with Crippen molar-refractivity contribution in [3.8, 4) is 0 Å². The van der Waals surface area contributed by atoms with Gasteiger partial charge < -0.3 is 9.64 Å². The number of carbonyl (C=O) groups excluding carboxylic acids is 1. The minimum atomic E-state index is 0.0342. The number of morpholine rings is 1. The number of rotatable bonds is 1. The number of amides is 1. The fourth-order valence-corrected chi connectivity index (χ4v) is 3.79. The van der Waals surface area contributed by atoms with E-state index in [4.69, 9.17) is 4.74 Å². The van der Waals surface area contributed by atoms with E-state index in [1.807, 2.05) is 0 Å². The molecule has 3 fully saturated rings. The van der Waals surface area contributed by atoms with Crippen LogP contribution in [0, 0.1) is 5.92 Å². The predicted molar refractivity (Wildman–Crippen MR) is 65.7 cm³/mol. The van der Waals surface area contributed by atoms with Crippen LogP contribution in [0.4, 0.5) is 0 Å². The van der Waals surface area contributed by atoms with Gasteiger partial charge in [0.25, 0.3) is 0 Å². The predicted octanol–water partition coefficient (Wildman–Crippen LogP) is 2.35. The quantitative estimate of drug-likeness (QED) is 0.700. The number of nitrogens with zero attached hydrogens (tertiary/aromatic N) is 1. The Labute approximate surface area is 104 Å². The van der Waals surface area contributed by atoms with Crippen LogP contribution in [0.15, 0.2) is 0 Å². The van der Waals surface area contributed by atoms with Gasteiger partial charge in [-0.05, 0) is 25.7 Å². The summed E-state index contributed by atoms with van der Waals surface area (Å²) in [6.07, 6.45) is 9.56. The van der Waals surface area contributed by atoms with E-state index in [1.165, 1.54) is 25.7 Å². The summed E-state index contributed by atoms with van der Waals surface area (Å²) >= 11 is 0. The van der Waals surface area contributed by atoms with Crippen LogP contribution >= 0.6 is 0 Å². The van der Waals surface area contributed by atoms with Gasteiger partial charge in [-0.3, -0.25) is 4.79 Å². The third-order valence-electron chi connectivity index (χ3n) is 4.78. The lowest BCUT2D eigenvalue weighted by molar-refractivity contribution is -0.153. The van der Waals surface area contributed by atoms with E-state index < -0.39 is 0 Å². The standard InChI is InChI=1S/C14H23NO2/c16-13(12-5-1-2-6-12)15-9-10-17-14(11-15)7-3-4-8-14/h12H,1-11H2. The van der Waals surface area contributed by atoms with Crippen molar-refractivity contribution < 1.29 is 9.53 Å². The summed E-state index contributed by atoms with van der Waals surface area (Å²) in [6, 6.07) is 0. The van der Waals surface area contributed by atoms with Crippen LogP contribution in [0.5, 0.6) is 0 Å². The Bertz CT molecular complexity index is 291. The van der Waals surface area contributed by atoms with E-state index in [-0.39, 0.29) is 5.60 Å². The van der Waals surface area contributed by atoms with Gasteiger partial charge in [0.05, 0.1) is 12.2 Å². The Hall–Kier alpha value is -0.570. The second-order valence-corrected chi connectivity index (χ2v) is 5.98. The van der Waals surface area contributed by atoms with Crippen molar-refractivity contribution in [2.45, 2.75) is 57.0 Å². The first-order chi connectivity index (χ1) is 8.29. The number of hydrogen-bond donors (Lipinski definition) is 0. The van der Waals surface area contributed by atoms with Gasteiger partial charge in [0.2, 0.25) is 5.91 Å². The highest BCUT2D eigenvalue weighted by Gasteiger charge is 2.41. The molecule has 17 heavy (non-hydrogen) atoms. The van der Waals surface area contributed by atoms with Crippen molar-refractivity contribution in [2.75, 3.05) is 19.7 Å². The van der Waals surface area contributed by atoms with E-state index in [2.05, 4.69) is 4.90 Å². The molecule has 1 spiro atoms. The molecule has 0 radical (unpaired) electrons. The van der Waals surface area contributed by atoms with Gasteiger partial charge in [-0.1, -0.05) is 25.7 Å². The molecule has 0 aromatic heterocycles. The summed E-state index contributed by atoms with van der Waals surface area (Å²) in [4.78, 5) is 14.5. The smallest absolute Gasteiger partial charge is 0.225 e. The highest BCUT2D eigenvalue weighted by Crippen LogP contribution is 2.37. The largest absolute Gasteiger partial charge is 0.371 e. The lowest BCUT2D eigenvalue weighted by atomic mass is 9.98. The maximum absolute atomic E-state index is 12.4. The zero-order chi connectivity index (χ0) is 11.7. The van der Waals surface area contributed by atoms with Crippen molar-refractivity contribution in [2.24, 2.45) is 5.92 Å². The molecule has 0 bridgehead atoms. The van der Waals surface area contributed by atoms with Gasteiger partial charge in [-0.15, -0.1) is 0 Å². The highest BCUT2D eigenvalue weighted by atomic mass is 16.5. The van der Waals surface area contributed by atoms with Crippen molar-refractivity contribution in [1.82, 2.24) is 4.90 Å². The van der Waals surface area contributed by atoms with E-state index >= 15 is 0 Å². The first-order valence-electron chi connectivity index (χ1n) is 7.22. The first kappa shape index (κ1) is 11.5. The Morgan fingerprint density at radius 2 is 1.82 bits per heavy atom. The van der Waals surface area contributed by atoms with Crippen LogP contribution in [-0.4, -0.2) is 36.1 Å². The number of carbonyl (C=O) groups is 1. The molecule has 2 saturated carbocycles. The summed E-state index contributed by atoms with van der Waals surface area (Å²) in [7, 11) is 0. The molecule has 3 nitrogen and oxygen atoms in total. The van der Waals surface area contributed by atoms with E-state index in [0.29, 0.717) is 11.8 Å². The molecule has 3 rings (SSSR count). The molecule has 0 atom stereocenters. The molecule has 3 aliphatic rings. The average Bonchev–Trinajstić information content (AvgIpc) is 3.00. The lowest BCUT2D eigenvalue weighted by Gasteiger charge is -2.41. The number of ether oxygens (including phenoxy) is 1. The summed E-state index contributed by atoms with van der Waals surface area (Å²) < 4.78 is 5.98. The summed E-state index contributed by atoms with van der Waals surface area (Å²) in [5.74, 6) is 0.739. The van der Waals surface area contributed by atoms with Crippen LogP contribution in [0.1, 0.15) is 51.4 Å². The van der Waals surface area contributed by atoms with Gasteiger partial charge in [0, 0.05) is 19.0 Å². The second-order valence-electron chi connectivity index (χ2n) is 5.98. The van der Waals surface area contributed by atoms with Gasteiger partial charge >= 0.3 is 0 Å². The van der Waals surface area contributed by atoms with Crippen molar-refractivity contribution >= 4 is 5.91 Å². The monoisotopic (exact) mass is 237 g/mol. The van der Waals surface area contributed by atoms with Crippen molar-refractivity contribution in [3.05, 3.63) is 0 Å².